The molecule has 0 radical (unpaired) electrons. The summed E-state index contributed by atoms with van der Waals surface area (Å²) in [4.78, 5) is 12.5. The van der Waals surface area contributed by atoms with Crippen molar-refractivity contribution in [3.8, 4) is 0 Å². The van der Waals surface area contributed by atoms with E-state index in [-0.39, 0.29) is 5.41 Å². The topological polar surface area (TPSA) is 43.1 Å². The van der Waals surface area contributed by atoms with Crippen LogP contribution in [0.1, 0.15) is 49.1 Å². The number of hydrogen-bond donors (Lipinski definition) is 1. The fraction of sp³-hybridized carbons (Fsp3) is 0.562. The molecular formula is C16H21NO. The highest BCUT2D eigenvalue weighted by Crippen LogP contribution is 2.43. The third-order valence-electron chi connectivity index (χ3n) is 4.94. The minimum absolute atomic E-state index is 0.176. The van der Waals surface area contributed by atoms with E-state index in [0.717, 1.165) is 19.3 Å². The maximum absolute atomic E-state index is 12.5. The van der Waals surface area contributed by atoms with Crippen molar-refractivity contribution in [2.24, 2.45) is 11.1 Å². The summed E-state index contributed by atoms with van der Waals surface area (Å²) in [6, 6.07) is 8.49. The van der Waals surface area contributed by atoms with Crippen molar-refractivity contribution in [2.45, 2.75) is 44.4 Å². The van der Waals surface area contributed by atoms with Crippen LogP contribution < -0.4 is 5.73 Å². The van der Waals surface area contributed by atoms with Crippen molar-refractivity contribution in [2.75, 3.05) is 6.54 Å². The number of rotatable bonds is 4. The van der Waals surface area contributed by atoms with Crippen molar-refractivity contribution >= 4 is 5.78 Å². The summed E-state index contributed by atoms with van der Waals surface area (Å²) in [7, 11) is 0. The van der Waals surface area contributed by atoms with Crippen molar-refractivity contribution in [1.82, 2.24) is 0 Å². The van der Waals surface area contributed by atoms with E-state index in [9.17, 15) is 4.79 Å². The van der Waals surface area contributed by atoms with Gasteiger partial charge >= 0.3 is 0 Å². The van der Waals surface area contributed by atoms with Crippen molar-refractivity contribution in [1.29, 1.82) is 0 Å². The van der Waals surface area contributed by atoms with Crippen LogP contribution in [0.15, 0.2) is 24.3 Å². The molecule has 0 saturated heterocycles. The summed E-state index contributed by atoms with van der Waals surface area (Å²) in [5.74, 6) is 0.875. The number of carbonyl (C=O) groups excluding carboxylic acids is 1. The van der Waals surface area contributed by atoms with E-state index >= 15 is 0 Å². The molecule has 96 valence electrons. The Kier molecular flexibility index (Phi) is 2.98. The Labute approximate surface area is 109 Å². The van der Waals surface area contributed by atoms with Crippen LogP contribution >= 0.6 is 0 Å². The van der Waals surface area contributed by atoms with E-state index < -0.39 is 0 Å². The maximum atomic E-state index is 12.5. The third kappa shape index (κ3) is 1.79. The van der Waals surface area contributed by atoms with E-state index in [2.05, 4.69) is 24.3 Å². The standard InChI is InChI=1S/C16H21NO/c17-11-16(7-3-4-8-16)15(18)10-13-9-12-5-1-2-6-14(12)13/h1-2,5-6,13H,3-4,7-11,17H2. The van der Waals surface area contributed by atoms with Gasteiger partial charge in [-0.25, -0.2) is 0 Å². The smallest absolute Gasteiger partial charge is 0.140 e. The number of benzene rings is 1. The molecule has 0 heterocycles. The second kappa shape index (κ2) is 4.51. The molecule has 1 atom stereocenters. The molecule has 2 nitrogen and oxygen atoms in total. The highest BCUT2D eigenvalue weighted by atomic mass is 16.1. The molecule has 0 amide bonds. The molecule has 0 bridgehead atoms. The van der Waals surface area contributed by atoms with Crippen LogP contribution in [0.3, 0.4) is 0 Å². The van der Waals surface area contributed by atoms with E-state index in [4.69, 9.17) is 5.73 Å². The zero-order valence-corrected chi connectivity index (χ0v) is 10.8. The van der Waals surface area contributed by atoms with Crippen molar-refractivity contribution in [3.63, 3.8) is 0 Å². The number of hydrogen-bond acceptors (Lipinski definition) is 2. The van der Waals surface area contributed by atoms with Crippen LogP contribution in [-0.2, 0) is 11.2 Å². The predicted octanol–water partition coefficient (Wildman–Crippen LogP) is 2.80. The lowest BCUT2D eigenvalue weighted by Crippen LogP contribution is -2.37. The Morgan fingerprint density at radius 2 is 2.00 bits per heavy atom. The third-order valence-corrected chi connectivity index (χ3v) is 4.94. The molecule has 3 rings (SSSR count). The molecule has 2 N–H and O–H groups in total. The number of ketones is 1. The van der Waals surface area contributed by atoms with Gasteiger partial charge in [-0.3, -0.25) is 4.79 Å². The molecule has 2 aliphatic carbocycles. The molecule has 18 heavy (non-hydrogen) atoms. The van der Waals surface area contributed by atoms with Gasteiger partial charge in [-0.05, 0) is 36.3 Å². The van der Waals surface area contributed by atoms with Crippen molar-refractivity contribution in [3.05, 3.63) is 35.4 Å². The first-order valence-electron chi connectivity index (χ1n) is 7.06. The van der Waals surface area contributed by atoms with Crippen LogP contribution in [0.2, 0.25) is 0 Å². The van der Waals surface area contributed by atoms with Crippen LogP contribution in [0.5, 0.6) is 0 Å². The van der Waals surface area contributed by atoms with Gasteiger partial charge in [-0.2, -0.15) is 0 Å². The molecule has 2 aliphatic rings. The number of nitrogens with two attached hydrogens (primary N) is 1. The zero-order valence-electron chi connectivity index (χ0n) is 10.8. The normalized spacial score (nSPS) is 24.4. The minimum Gasteiger partial charge on any atom is -0.329 e. The Balaban J connectivity index is 1.70. The molecule has 2 heteroatoms. The molecule has 0 spiro atoms. The van der Waals surface area contributed by atoms with Gasteiger partial charge in [0.05, 0.1) is 0 Å². The largest absolute Gasteiger partial charge is 0.329 e. The van der Waals surface area contributed by atoms with Gasteiger partial charge < -0.3 is 5.73 Å². The predicted molar refractivity (Wildman–Crippen MR) is 72.5 cm³/mol. The quantitative estimate of drug-likeness (QED) is 0.883. The summed E-state index contributed by atoms with van der Waals surface area (Å²) in [5, 5.41) is 0. The molecule has 1 saturated carbocycles. The Morgan fingerprint density at radius 3 is 2.67 bits per heavy atom. The van der Waals surface area contributed by atoms with Gasteiger partial charge in [0.15, 0.2) is 0 Å². The summed E-state index contributed by atoms with van der Waals surface area (Å²) in [6.07, 6.45) is 6.14. The molecule has 0 aromatic heterocycles. The maximum Gasteiger partial charge on any atom is 0.140 e. The minimum atomic E-state index is -0.176. The molecule has 1 aromatic carbocycles. The van der Waals surface area contributed by atoms with Crippen LogP contribution in [0, 0.1) is 5.41 Å². The van der Waals surface area contributed by atoms with Crippen LogP contribution in [0.4, 0.5) is 0 Å². The van der Waals surface area contributed by atoms with Gasteiger partial charge in [0.1, 0.15) is 5.78 Å². The molecule has 1 unspecified atom stereocenters. The lowest BCUT2D eigenvalue weighted by atomic mass is 9.70. The monoisotopic (exact) mass is 243 g/mol. The zero-order chi connectivity index (χ0) is 12.6. The van der Waals surface area contributed by atoms with E-state index in [1.54, 1.807) is 0 Å². The lowest BCUT2D eigenvalue weighted by molar-refractivity contribution is -0.128. The SMILES string of the molecule is NCC1(C(=O)CC2Cc3ccccc32)CCCC1. The van der Waals surface area contributed by atoms with E-state index in [1.807, 2.05) is 0 Å². The van der Waals surface area contributed by atoms with Crippen molar-refractivity contribution < 1.29 is 4.79 Å². The second-order valence-corrected chi connectivity index (χ2v) is 5.92. The highest BCUT2D eigenvalue weighted by Gasteiger charge is 2.41. The van der Waals surface area contributed by atoms with Gasteiger partial charge in [0, 0.05) is 18.4 Å². The first-order chi connectivity index (χ1) is 8.75. The first kappa shape index (κ1) is 11.9. The van der Waals surface area contributed by atoms with Crippen LogP contribution in [0.25, 0.3) is 0 Å². The second-order valence-electron chi connectivity index (χ2n) is 5.92. The Bertz CT molecular complexity index is 460. The highest BCUT2D eigenvalue weighted by molar-refractivity contribution is 5.86. The van der Waals surface area contributed by atoms with Gasteiger partial charge in [-0.1, -0.05) is 37.1 Å². The molecule has 0 aliphatic heterocycles. The lowest BCUT2D eigenvalue weighted by Gasteiger charge is -2.33. The number of fused-ring (bicyclic) bond motifs is 1. The fourth-order valence-electron chi connectivity index (χ4n) is 3.63. The van der Waals surface area contributed by atoms with E-state index in [0.29, 0.717) is 24.7 Å². The average Bonchev–Trinajstić information content (AvgIpc) is 2.86. The molecular weight excluding hydrogens is 222 g/mol. The Hall–Kier alpha value is -1.15. The number of carbonyl (C=O) groups is 1. The summed E-state index contributed by atoms with van der Waals surface area (Å²) >= 11 is 0. The summed E-state index contributed by atoms with van der Waals surface area (Å²) < 4.78 is 0. The summed E-state index contributed by atoms with van der Waals surface area (Å²) in [6.45, 7) is 0.542. The Morgan fingerprint density at radius 1 is 1.28 bits per heavy atom. The van der Waals surface area contributed by atoms with Gasteiger partial charge in [-0.15, -0.1) is 0 Å². The first-order valence-corrected chi connectivity index (χ1v) is 7.06. The van der Waals surface area contributed by atoms with Gasteiger partial charge in [0.25, 0.3) is 0 Å². The number of Topliss-reactive ketones (excluding diaryl/α,β-unsaturated/α-hetero) is 1. The molecule has 1 aromatic rings. The molecule has 1 fully saturated rings. The average molecular weight is 243 g/mol. The van der Waals surface area contributed by atoms with Crippen LogP contribution in [-0.4, -0.2) is 12.3 Å². The van der Waals surface area contributed by atoms with Gasteiger partial charge in [0.2, 0.25) is 0 Å². The summed E-state index contributed by atoms with van der Waals surface area (Å²) in [5.41, 5.74) is 8.51. The van der Waals surface area contributed by atoms with E-state index in [1.165, 1.54) is 24.0 Å². The fourth-order valence-corrected chi connectivity index (χ4v) is 3.63.